The molecule has 0 N–H and O–H groups in total. The Morgan fingerprint density at radius 1 is 1.21 bits per heavy atom. The van der Waals surface area contributed by atoms with Crippen LogP contribution >= 0.6 is 0 Å². The van der Waals surface area contributed by atoms with Gasteiger partial charge in [-0.15, -0.1) is 6.58 Å². The van der Waals surface area contributed by atoms with Crippen LogP contribution in [0.3, 0.4) is 0 Å². The van der Waals surface area contributed by atoms with Crippen molar-refractivity contribution < 1.29 is 21.5 Å². The zero-order valence-corrected chi connectivity index (χ0v) is 13.2. The molecule has 0 aromatic heterocycles. The zero-order valence-electron chi connectivity index (χ0n) is 11.6. The van der Waals surface area contributed by atoms with Gasteiger partial charge in [-0.1, -0.05) is 30.3 Å². The summed E-state index contributed by atoms with van der Waals surface area (Å²) in [6.45, 7) is 5.04. The van der Waals surface area contributed by atoms with Crippen LogP contribution in [0.1, 0.15) is 23.6 Å². The molecule has 1 aliphatic heterocycles. The molecule has 0 radical (unpaired) electrons. The Balaban J connectivity index is 0.00000133. The third kappa shape index (κ3) is 2.35. The molecule has 1 atom stereocenters. The van der Waals surface area contributed by atoms with E-state index in [9.17, 15) is 0 Å². The lowest BCUT2D eigenvalue weighted by Crippen LogP contribution is -3.00. The van der Waals surface area contributed by atoms with Crippen LogP contribution in [0, 0.1) is 0 Å². The molecule has 1 heterocycles. The molecule has 2 aromatic carbocycles. The van der Waals surface area contributed by atoms with E-state index >= 15 is 0 Å². The highest BCUT2D eigenvalue weighted by atomic mass is 79.9. The van der Waals surface area contributed by atoms with E-state index in [0.717, 1.165) is 17.4 Å². The largest absolute Gasteiger partial charge is 1.00 e. The van der Waals surface area contributed by atoms with Crippen molar-refractivity contribution in [1.29, 1.82) is 0 Å². The van der Waals surface area contributed by atoms with Gasteiger partial charge in [-0.05, 0) is 22.9 Å². The van der Waals surface area contributed by atoms with Crippen LogP contribution in [0.5, 0.6) is 0 Å². The van der Waals surface area contributed by atoms with Crippen LogP contribution in [0.2, 0.25) is 0 Å². The molecule has 1 nitrogen and oxygen atoms in total. The summed E-state index contributed by atoms with van der Waals surface area (Å²) in [4.78, 5) is 0. The first kappa shape index (κ1) is 14.3. The predicted octanol–water partition coefficient (Wildman–Crippen LogP) is 1.05. The lowest BCUT2D eigenvalue weighted by Gasteiger charge is -2.31. The predicted molar refractivity (Wildman–Crippen MR) is 77.3 cm³/mol. The molecule has 0 spiro atoms. The monoisotopic (exact) mass is 317 g/mol. The summed E-state index contributed by atoms with van der Waals surface area (Å²) in [7, 11) is 4.64. The minimum atomic E-state index is 0. The van der Waals surface area contributed by atoms with Crippen molar-refractivity contribution in [3.8, 4) is 0 Å². The highest BCUT2D eigenvalue weighted by Crippen LogP contribution is 2.41. The van der Waals surface area contributed by atoms with E-state index in [2.05, 4.69) is 63.1 Å². The van der Waals surface area contributed by atoms with Crippen LogP contribution in [0.25, 0.3) is 10.8 Å². The van der Waals surface area contributed by atoms with Crippen LogP contribution in [0.15, 0.2) is 49.1 Å². The zero-order chi connectivity index (χ0) is 12.8. The molecule has 2 aromatic rings. The first-order valence-electron chi connectivity index (χ1n) is 6.57. The lowest BCUT2D eigenvalue weighted by molar-refractivity contribution is -0.926. The number of hydrogen-bond acceptors (Lipinski definition) is 0. The third-order valence-corrected chi connectivity index (χ3v) is 4.18. The van der Waals surface area contributed by atoms with Gasteiger partial charge in [0.1, 0.15) is 12.6 Å². The van der Waals surface area contributed by atoms with Gasteiger partial charge >= 0.3 is 0 Å². The first-order chi connectivity index (χ1) is 8.62. The van der Waals surface area contributed by atoms with E-state index in [1.165, 1.54) is 21.9 Å². The number of rotatable bonds is 2. The Morgan fingerprint density at radius 3 is 2.47 bits per heavy atom. The van der Waals surface area contributed by atoms with Crippen molar-refractivity contribution in [2.45, 2.75) is 19.0 Å². The molecule has 0 amide bonds. The first-order valence-corrected chi connectivity index (χ1v) is 6.57. The highest BCUT2D eigenvalue weighted by molar-refractivity contribution is 5.84. The average molecular weight is 318 g/mol. The van der Waals surface area contributed by atoms with Crippen molar-refractivity contribution in [1.82, 2.24) is 0 Å². The number of fused-ring (bicyclic) bond motifs is 2. The number of quaternary nitrogens is 1. The molecule has 0 aliphatic carbocycles. The van der Waals surface area contributed by atoms with Crippen molar-refractivity contribution in [3.05, 3.63) is 60.2 Å². The summed E-state index contributed by atoms with van der Waals surface area (Å²) in [6.07, 6.45) is 3.10. The van der Waals surface area contributed by atoms with Crippen LogP contribution < -0.4 is 17.0 Å². The second kappa shape index (κ2) is 5.10. The Bertz CT molecular complexity index is 616. The van der Waals surface area contributed by atoms with Gasteiger partial charge in [0.2, 0.25) is 0 Å². The van der Waals surface area contributed by atoms with Crippen molar-refractivity contribution in [2.75, 3.05) is 14.1 Å². The van der Waals surface area contributed by atoms with Gasteiger partial charge in [0.05, 0.1) is 14.1 Å². The molecule has 0 bridgehead atoms. The number of halogens is 1. The lowest BCUT2D eigenvalue weighted by atomic mass is 9.97. The Morgan fingerprint density at radius 2 is 1.84 bits per heavy atom. The fourth-order valence-corrected chi connectivity index (χ4v) is 3.25. The minimum absolute atomic E-state index is 0. The second-order valence-corrected chi connectivity index (χ2v) is 5.88. The fraction of sp³-hybridized carbons (Fsp3) is 0.294. The Labute approximate surface area is 125 Å². The quantitative estimate of drug-likeness (QED) is 0.574. The molecule has 0 saturated carbocycles. The van der Waals surface area contributed by atoms with E-state index < -0.39 is 0 Å². The van der Waals surface area contributed by atoms with E-state index in [1.807, 2.05) is 0 Å². The number of benzene rings is 2. The minimum Gasteiger partial charge on any atom is -1.00 e. The summed E-state index contributed by atoms with van der Waals surface area (Å²) < 4.78 is 1.04. The van der Waals surface area contributed by atoms with Crippen LogP contribution in [-0.4, -0.2) is 18.6 Å². The molecule has 19 heavy (non-hydrogen) atoms. The van der Waals surface area contributed by atoms with Crippen LogP contribution in [0.4, 0.5) is 0 Å². The normalized spacial score (nSPS) is 19.8. The van der Waals surface area contributed by atoms with Gasteiger partial charge in [-0.25, -0.2) is 0 Å². The topological polar surface area (TPSA) is 0 Å². The average Bonchev–Trinajstić information content (AvgIpc) is 2.58. The summed E-state index contributed by atoms with van der Waals surface area (Å²) in [5.41, 5.74) is 3.02. The summed E-state index contributed by atoms with van der Waals surface area (Å²) in [6, 6.07) is 14.0. The maximum atomic E-state index is 3.91. The van der Waals surface area contributed by atoms with Gasteiger partial charge in [0, 0.05) is 17.5 Å². The standard InChI is InChI=1S/C17H20N.BrH/c1-4-7-17-16-11-14-9-6-5-8-13(14)10-15(16)12-18(17,2)3;/h4-6,8-11,17H,1,7,12H2,2-3H3;1H/q+1;/p-1. The van der Waals surface area contributed by atoms with Gasteiger partial charge in [-0.2, -0.15) is 0 Å². The molecule has 0 fully saturated rings. The molecule has 3 rings (SSSR count). The fourth-order valence-electron chi connectivity index (χ4n) is 3.25. The molecular formula is C17H20BrN. The number of hydrogen-bond donors (Lipinski definition) is 0. The Hall–Kier alpha value is -1.12. The maximum absolute atomic E-state index is 3.91. The molecule has 1 unspecified atom stereocenters. The molecule has 100 valence electrons. The van der Waals surface area contributed by atoms with E-state index in [-0.39, 0.29) is 17.0 Å². The SMILES string of the molecule is C=CCC1c2cc3ccccc3cc2C[N+]1(C)C.[Br-]. The summed E-state index contributed by atoms with van der Waals surface area (Å²) in [5.74, 6) is 0. The van der Waals surface area contributed by atoms with Gasteiger partial charge in [-0.3, -0.25) is 0 Å². The van der Waals surface area contributed by atoms with Gasteiger partial charge in [0.25, 0.3) is 0 Å². The third-order valence-electron chi connectivity index (χ3n) is 4.18. The maximum Gasteiger partial charge on any atom is 0.118 e. The van der Waals surface area contributed by atoms with Crippen molar-refractivity contribution in [2.24, 2.45) is 0 Å². The molecule has 1 aliphatic rings. The molecular weight excluding hydrogens is 298 g/mol. The highest BCUT2D eigenvalue weighted by Gasteiger charge is 2.38. The van der Waals surface area contributed by atoms with Gasteiger partial charge in [0.15, 0.2) is 0 Å². The van der Waals surface area contributed by atoms with Crippen molar-refractivity contribution >= 4 is 10.8 Å². The second-order valence-electron chi connectivity index (χ2n) is 5.88. The number of nitrogens with zero attached hydrogens (tertiary/aromatic N) is 1. The van der Waals surface area contributed by atoms with E-state index in [0.29, 0.717) is 6.04 Å². The van der Waals surface area contributed by atoms with E-state index in [1.54, 1.807) is 0 Å². The van der Waals surface area contributed by atoms with Crippen LogP contribution in [-0.2, 0) is 6.54 Å². The summed E-state index contributed by atoms with van der Waals surface area (Å²) >= 11 is 0. The smallest absolute Gasteiger partial charge is 0.118 e. The van der Waals surface area contributed by atoms with Crippen molar-refractivity contribution in [3.63, 3.8) is 0 Å². The van der Waals surface area contributed by atoms with E-state index in [4.69, 9.17) is 0 Å². The molecule has 2 heteroatoms. The molecule has 0 saturated heterocycles. The Kier molecular flexibility index (Phi) is 3.84. The van der Waals surface area contributed by atoms with Gasteiger partial charge < -0.3 is 21.5 Å². The summed E-state index contributed by atoms with van der Waals surface area (Å²) in [5, 5.41) is 2.71.